The summed E-state index contributed by atoms with van der Waals surface area (Å²) in [6.45, 7) is 0. The van der Waals surface area contributed by atoms with Crippen LogP contribution in [0.5, 0.6) is 11.5 Å². The summed E-state index contributed by atoms with van der Waals surface area (Å²) >= 11 is 6.26. The average Bonchev–Trinajstić information content (AvgIpc) is 3.35. The summed E-state index contributed by atoms with van der Waals surface area (Å²) in [5.41, 5.74) is 4.11. The van der Waals surface area contributed by atoms with Gasteiger partial charge in [-0.05, 0) is 49.1 Å². The molecule has 7 nitrogen and oxygen atoms in total. The molecule has 0 unspecified atom stereocenters. The summed E-state index contributed by atoms with van der Waals surface area (Å²) in [6.07, 6.45) is 2.87. The van der Waals surface area contributed by atoms with Gasteiger partial charge in [0.2, 0.25) is 10.0 Å². The second-order valence-electron chi connectivity index (χ2n) is 7.71. The maximum Gasteiger partial charge on any atom is 0.245 e. The van der Waals surface area contributed by atoms with Crippen molar-refractivity contribution in [3.05, 3.63) is 46.5 Å². The lowest BCUT2D eigenvalue weighted by atomic mass is 9.78. The molecule has 2 aliphatic carbocycles. The Labute approximate surface area is 178 Å². The molecule has 9 heteroatoms. The number of ether oxygens (including phenoxy) is 2. The molecule has 0 aliphatic heterocycles. The zero-order valence-corrected chi connectivity index (χ0v) is 17.9. The van der Waals surface area contributed by atoms with Crippen molar-refractivity contribution < 1.29 is 22.4 Å². The molecule has 0 saturated heterocycles. The molecule has 2 aliphatic rings. The normalized spacial score (nSPS) is 16.1. The molecule has 3 aromatic rings. The second-order valence-corrected chi connectivity index (χ2v) is 9.64. The van der Waals surface area contributed by atoms with Crippen LogP contribution in [0.25, 0.3) is 22.6 Å². The first-order valence-corrected chi connectivity index (χ1v) is 11.3. The van der Waals surface area contributed by atoms with E-state index < -0.39 is 10.0 Å². The Morgan fingerprint density at radius 1 is 1.13 bits per heavy atom. The highest BCUT2D eigenvalue weighted by Crippen LogP contribution is 2.59. The largest absolute Gasteiger partial charge is 0.495 e. The van der Waals surface area contributed by atoms with Crippen molar-refractivity contribution in [3.8, 4) is 34.1 Å². The molecule has 0 radical (unpaired) electrons. The number of benzene rings is 2. The Bertz CT molecular complexity index is 1290. The average molecular weight is 447 g/mol. The number of nitrogens with two attached hydrogens (primary N) is 1. The number of halogens is 1. The van der Waals surface area contributed by atoms with Crippen LogP contribution in [0, 0.1) is 0 Å². The van der Waals surface area contributed by atoms with Gasteiger partial charge in [0.25, 0.3) is 0 Å². The van der Waals surface area contributed by atoms with E-state index in [0.29, 0.717) is 22.0 Å². The third-order valence-corrected chi connectivity index (χ3v) is 7.18. The highest BCUT2D eigenvalue weighted by molar-refractivity contribution is 7.89. The molecule has 2 N–H and O–H groups in total. The third-order valence-electron chi connectivity index (χ3n) is 5.99. The van der Waals surface area contributed by atoms with E-state index in [1.807, 2.05) is 12.1 Å². The monoisotopic (exact) mass is 446 g/mol. The lowest BCUT2D eigenvalue weighted by molar-refractivity contribution is 0.374. The molecule has 1 heterocycles. The minimum atomic E-state index is -4.11. The Morgan fingerprint density at radius 2 is 1.90 bits per heavy atom. The van der Waals surface area contributed by atoms with Gasteiger partial charge in [0.05, 0.1) is 14.2 Å². The zero-order valence-electron chi connectivity index (χ0n) is 16.4. The van der Waals surface area contributed by atoms with Gasteiger partial charge in [0.1, 0.15) is 11.4 Å². The van der Waals surface area contributed by atoms with Crippen molar-refractivity contribution >= 4 is 21.6 Å². The molecule has 1 spiro atoms. The van der Waals surface area contributed by atoms with E-state index in [4.69, 9.17) is 30.7 Å². The molecule has 1 aromatic heterocycles. The molecule has 30 heavy (non-hydrogen) atoms. The van der Waals surface area contributed by atoms with Gasteiger partial charge in [-0.25, -0.2) is 13.6 Å². The molecule has 1 fully saturated rings. The number of fused-ring (bicyclic) bond motifs is 4. The van der Waals surface area contributed by atoms with E-state index in [0.717, 1.165) is 30.4 Å². The molecule has 5 rings (SSSR count). The standard InChI is InChI=1S/C21H19ClN2O5S/c1-27-16-6-4-12(19(28-2)20(16)30(23,25)26)17-14-10-21(7-8-21)15-5-3-11(22)9-13(15)18(14)29-24-17/h3-6,9H,7-8,10H2,1-2H3,(H2,23,25,26). The SMILES string of the molecule is COc1ccc(-c2noc3c2CC2(CC2)c2ccc(Cl)cc2-3)c(OC)c1S(N)(=O)=O. The first-order valence-electron chi connectivity index (χ1n) is 9.36. The number of aromatic nitrogens is 1. The van der Waals surface area contributed by atoms with Crippen LogP contribution >= 0.6 is 11.6 Å². The summed E-state index contributed by atoms with van der Waals surface area (Å²) in [4.78, 5) is -0.220. The van der Waals surface area contributed by atoms with Crippen molar-refractivity contribution in [2.75, 3.05) is 14.2 Å². The minimum absolute atomic E-state index is 0.0374. The van der Waals surface area contributed by atoms with Gasteiger partial charge in [-0.3, -0.25) is 0 Å². The first kappa shape index (κ1) is 19.4. The summed E-state index contributed by atoms with van der Waals surface area (Å²) in [5.74, 6) is 0.830. The van der Waals surface area contributed by atoms with Gasteiger partial charge in [0.15, 0.2) is 16.4 Å². The van der Waals surface area contributed by atoms with E-state index in [1.54, 1.807) is 12.1 Å². The van der Waals surface area contributed by atoms with Crippen molar-refractivity contribution in [3.63, 3.8) is 0 Å². The van der Waals surface area contributed by atoms with Gasteiger partial charge in [-0.1, -0.05) is 22.8 Å². The highest BCUT2D eigenvalue weighted by Gasteiger charge is 2.50. The van der Waals surface area contributed by atoms with Crippen LogP contribution in [0.3, 0.4) is 0 Å². The molecule has 0 bridgehead atoms. The Balaban J connectivity index is 1.77. The number of primary sulfonamides is 1. The van der Waals surface area contributed by atoms with Crippen LogP contribution in [-0.4, -0.2) is 27.8 Å². The maximum absolute atomic E-state index is 12.3. The van der Waals surface area contributed by atoms with E-state index >= 15 is 0 Å². The van der Waals surface area contributed by atoms with Crippen LogP contribution in [-0.2, 0) is 21.9 Å². The van der Waals surface area contributed by atoms with Crippen LogP contribution in [0.15, 0.2) is 39.8 Å². The quantitative estimate of drug-likeness (QED) is 0.651. The fraction of sp³-hybridized carbons (Fsp3) is 0.286. The van der Waals surface area contributed by atoms with Crippen LogP contribution in [0.4, 0.5) is 0 Å². The van der Waals surface area contributed by atoms with E-state index in [1.165, 1.54) is 19.8 Å². The van der Waals surface area contributed by atoms with Crippen molar-refractivity contribution in [2.45, 2.75) is 29.6 Å². The number of methoxy groups -OCH3 is 2. The number of nitrogens with zero attached hydrogens (tertiary/aromatic N) is 1. The summed E-state index contributed by atoms with van der Waals surface area (Å²) in [7, 11) is -1.35. The van der Waals surface area contributed by atoms with E-state index in [2.05, 4.69) is 11.2 Å². The number of rotatable bonds is 4. The fourth-order valence-corrected chi connectivity index (χ4v) is 5.51. The van der Waals surface area contributed by atoms with Crippen molar-refractivity contribution in [1.29, 1.82) is 0 Å². The summed E-state index contributed by atoms with van der Waals surface area (Å²) in [5, 5.41) is 10.4. The van der Waals surface area contributed by atoms with Gasteiger partial charge >= 0.3 is 0 Å². The van der Waals surface area contributed by atoms with Crippen LogP contribution < -0.4 is 14.6 Å². The molecular weight excluding hydrogens is 428 g/mol. The Kier molecular flexibility index (Phi) is 4.19. The molecule has 0 amide bonds. The lowest BCUT2D eigenvalue weighted by Crippen LogP contribution is -2.18. The van der Waals surface area contributed by atoms with Crippen molar-refractivity contribution in [1.82, 2.24) is 5.16 Å². The molecule has 0 atom stereocenters. The minimum Gasteiger partial charge on any atom is -0.495 e. The highest BCUT2D eigenvalue weighted by atomic mass is 35.5. The predicted octanol–water partition coefficient (Wildman–Crippen LogP) is 3.91. The summed E-state index contributed by atoms with van der Waals surface area (Å²) < 4.78 is 41.0. The van der Waals surface area contributed by atoms with Crippen LogP contribution in [0.1, 0.15) is 24.0 Å². The number of hydrogen-bond donors (Lipinski definition) is 1. The van der Waals surface area contributed by atoms with E-state index in [-0.39, 0.29) is 21.8 Å². The summed E-state index contributed by atoms with van der Waals surface area (Å²) in [6, 6.07) is 9.10. The van der Waals surface area contributed by atoms with Gasteiger partial charge in [0, 0.05) is 27.1 Å². The Hall–Kier alpha value is -2.55. The maximum atomic E-state index is 12.3. The third kappa shape index (κ3) is 2.74. The number of sulfonamides is 1. The van der Waals surface area contributed by atoms with E-state index in [9.17, 15) is 8.42 Å². The smallest absolute Gasteiger partial charge is 0.245 e. The molecule has 156 valence electrons. The number of hydrogen-bond acceptors (Lipinski definition) is 6. The zero-order chi connectivity index (χ0) is 21.3. The predicted molar refractivity (Wildman–Crippen MR) is 111 cm³/mol. The first-order chi connectivity index (χ1) is 14.3. The topological polar surface area (TPSA) is 105 Å². The van der Waals surface area contributed by atoms with Crippen LogP contribution in [0.2, 0.25) is 5.02 Å². The Morgan fingerprint density at radius 3 is 2.53 bits per heavy atom. The van der Waals surface area contributed by atoms with Gasteiger partial charge in [-0.2, -0.15) is 0 Å². The molecular formula is C21H19ClN2O5S. The van der Waals surface area contributed by atoms with Gasteiger partial charge < -0.3 is 14.0 Å². The molecule has 2 aromatic carbocycles. The van der Waals surface area contributed by atoms with Gasteiger partial charge in [-0.15, -0.1) is 0 Å². The second kappa shape index (κ2) is 6.47. The van der Waals surface area contributed by atoms with Crippen molar-refractivity contribution in [2.24, 2.45) is 5.14 Å². The lowest BCUT2D eigenvalue weighted by Gasteiger charge is -2.25. The fourth-order valence-electron chi connectivity index (χ4n) is 4.46. The molecule has 1 saturated carbocycles.